The number of rotatable bonds is 7. The summed E-state index contributed by atoms with van der Waals surface area (Å²) in [6, 6.07) is 0.322. The summed E-state index contributed by atoms with van der Waals surface area (Å²) < 4.78 is 0. The Kier molecular flexibility index (Phi) is 6.42. The second kappa shape index (κ2) is 7.59. The highest BCUT2D eigenvalue weighted by Gasteiger charge is 2.21. The van der Waals surface area contributed by atoms with Crippen molar-refractivity contribution in [1.82, 2.24) is 5.32 Å². The lowest BCUT2D eigenvalue weighted by atomic mass is 10.1. The monoisotopic (exact) mass is 313 g/mol. The number of carbonyl (C=O) groups is 1. The summed E-state index contributed by atoms with van der Waals surface area (Å²) in [7, 11) is 0. The zero-order valence-electron chi connectivity index (χ0n) is 12.4. The molecule has 0 aliphatic carbocycles. The van der Waals surface area contributed by atoms with Crippen LogP contribution in [0.3, 0.4) is 0 Å². The van der Waals surface area contributed by atoms with Gasteiger partial charge in [-0.2, -0.15) is 0 Å². The molecule has 1 atom stereocenters. The van der Waals surface area contributed by atoms with E-state index in [0.29, 0.717) is 29.1 Å². The summed E-state index contributed by atoms with van der Waals surface area (Å²) in [5, 5.41) is 7.19. The number of hydrogen-bond acceptors (Lipinski definition) is 5. The van der Waals surface area contributed by atoms with Gasteiger partial charge < -0.3 is 16.4 Å². The van der Waals surface area contributed by atoms with E-state index in [1.54, 1.807) is 17.8 Å². The minimum absolute atomic E-state index is 0.145. The SMILES string of the molecule is C=CCNC(=O)c1sc(NC(C)C(C)C)c(SC)c1N. The molecule has 4 N–H and O–H groups in total. The van der Waals surface area contributed by atoms with E-state index in [-0.39, 0.29) is 5.91 Å². The molecular formula is C14H23N3OS2. The van der Waals surface area contributed by atoms with Crippen LogP contribution in [0.2, 0.25) is 0 Å². The third-order valence-electron chi connectivity index (χ3n) is 3.08. The first kappa shape index (κ1) is 16.9. The van der Waals surface area contributed by atoms with Gasteiger partial charge in [0.1, 0.15) is 9.88 Å². The van der Waals surface area contributed by atoms with E-state index in [4.69, 9.17) is 5.73 Å². The van der Waals surface area contributed by atoms with Crippen molar-refractivity contribution in [1.29, 1.82) is 0 Å². The second-order valence-corrected chi connectivity index (χ2v) is 6.72. The maximum absolute atomic E-state index is 12.1. The third-order valence-corrected chi connectivity index (χ3v) is 5.17. The molecule has 1 amide bonds. The molecule has 1 aromatic rings. The summed E-state index contributed by atoms with van der Waals surface area (Å²) in [4.78, 5) is 13.6. The van der Waals surface area contributed by atoms with Gasteiger partial charge in [0.05, 0.1) is 10.6 Å². The Morgan fingerprint density at radius 2 is 2.15 bits per heavy atom. The van der Waals surface area contributed by atoms with Crippen molar-refractivity contribution >= 4 is 39.7 Å². The van der Waals surface area contributed by atoms with Gasteiger partial charge in [0.2, 0.25) is 0 Å². The van der Waals surface area contributed by atoms with Crippen molar-refractivity contribution in [3.63, 3.8) is 0 Å². The first-order valence-electron chi connectivity index (χ1n) is 6.54. The molecule has 0 aliphatic heterocycles. The van der Waals surface area contributed by atoms with Gasteiger partial charge in [0.15, 0.2) is 0 Å². The summed E-state index contributed by atoms with van der Waals surface area (Å²) in [5.74, 6) is 0.360. The van der Waals surface area contributed by atoms with Crippen LogP contribution in [0.15, 0.2) is 17.6 Å². The number of nitrogen functional groups attached to an aromatic ring is 1. The van der Waals surface area contributed by atoms with Gasteiger partial charge in [-0.05, 0) is 19.1 Å². The number of nitrogens with two attached hydrogens (primary N) is 1. The molecule has 20 heavy (non-hydrogen) atoms. The average Bonchev–Trinajstić information content (AvgIpc) is 2.72. The summed E-state index contributed by atoms with van der Waals surface area (Å²) >= 11 is 2.97. The van der Waals surface area contributed by atoms with Crippen LogP contribution in [-0.2, 0) is 0 Å². The summed E-state index contributed by atoms with van der Waals surface area (Å²) in [6.07, 6.45) is 3.62. The Labute approximate surface area is 129 Å². The van der Waals surface area contributed by atoms with E-state index < -0.39 is 0 Å². The lowest BCUT2D eigenvalue weighted by Crippen LogP contribution is -2.23. The molecule has 0 radical (unpaired) electrons. The maximum Gasteiger partial charge on any atom is 0.263 e. The molecular weight excluding hydrogens is 290 g/mol. The fourth-order valence-corrected chi connectivity index (χ4v) is 3.55. The number of amides is 1. The average molecular weight is 313 g/mol. The van der Waals surface area contributed by atoms with Crippen LogP contribution < -0.4 is 16.4 Å². The van der Waals surface area contributed by atoms with Crippen LogP contribution in [0, 0.1) is 5.92 Å². The molecule has 112 valence electrons. The number of hydrogen-bond donors (Lipinski definition) is 3. The number of carbonyl (C=O) groups excluding carboxylic acids is 1. The van der Waals surface area contributed by atoms with Gasteiger partial charge in [0.25, 0.3) is 5.91 Å². The normalized spacial score (nSPS) is 12.2. The first-order chi connectivity index (χ1) is 9.42. The van der Waals surface area contributed by atoms with Gasteiger partial charge in [-0.25, -0.2) is 0 Å². The fraction of sp³-hybridized carbons (Fsp3) is 0.500. The minimum atomic E-state index is -0.145. The highest BCUT2D eigenvalue weighted by Crippen LogP contribution is 2.42. The minimum Gasteiger partial charge on any atom is -0.396 e. The standard InChI is InChI=1S/C14H23N3OS2/c1-6-7-16-13(18)11-10(15)12(19-5)14(20-11)17-9(4)8(2)3/h6,8-9,17H,1,7,15H2,2-5H3,(H,16,18). The van der Waals surface area contributed by atoms with E-state index in [2.05, 4.69) is 38.0 Å². The smallest absolute Gasteiger partial charge is 0.263 e. The molecule has 1 rings (SSSR count). The Bertz CT molecular complexity index is 483. The predicted octanol–water partition coefficient (Wildman–Crippen LogP) is 3.42. The van der Waals surface area contributed by atoms with Gasteiger partial charge >= 0.3 is 0 Å². The van der Waals surface area contributed by atoms with E-state index in [1.807, 2.05) is 6.26 Å². The molecule has 1 heterocycles. The summed E-state index contributed by atoms with van der Waals surface area (Å²) in [6.45, 7) is 10.5. The lowest BCUT2D eigenvalue weighted by molar-refractivity contribution is 0.0963. The second-order valence-electron chi connectivity index (χ2n) is 4.88. The Morgan fingerprint density at radius 1 is 1.50 bits per heavy atom. The van der Waals surface area contributed by atoms with Gasteiger partial charge in [-0.15, -0.1) is 29.7 Å². The van der Waals surface area contributed by atoms with E-state index in [1.165, 1.54) is 11.3 Å². The van der Waals surface area contributed by atoms with E-state index in [0.717, 1.165) is 9.90 Å². The molecule has 0 spiro atoms. The zero-order chi connectivity index (χ0) is 15.3. The maximum atomic E-state index is 12.1. The van der Waals surface area contributed by atoms with Crippen molar-refractivity contribution in [2.45, 2.75) is 31.7 Å². The molecule has 1 unspecified atom stereocenters. The quantitative estimate of drug-likeness (QED) is 0.533. The molecule has 0 fully saturated rings. The molecule has 1 aromatic heterocycles. The van der Waals surface area contributed by atoms with Crippen LogP contribution in [-0.4, -0.2) is 24.7 Å². The van der Waals surface area contributed by atoms with Crippen LogP contribution in [0.4, 0.5) is 10.7 Å². The number of nitrogens with one attached hydrogen (secondary N) is 2. The largest absolute Gasteiger partial charge is 0.396 e. The Balaban J connectivity index is 3.02. The van der Waals surface area contributed by atoms with E-state index >= 15 is 0 Å². The third kappa shape index (κ3) is 3.93. The fourth-order valence-electron chi connectivity index (χ4n) is 1.51. The van der Waals surface area contributed by atoms with Crippen LogP contribution >= 0.6 is 23.1 Å². The molecule has 0 saturated carbocycles. The van der Waals surface area contributed by atoms with Crippen molar-refractivity contribution in [3.05, 3.63) is 17.5 Å². The van der Waals surface area contributed by atoms with Crippen molar-refractivity contribution in [2.24, 2.45) is 5.92 Å². The molecule has 0 aliphatic rings. The molecule has 6 heteroatoms. The van der Waals surface area contributed by atoms with Crippen molar-refractivity contribution in [3.8, 4) is 0 Å². The number of thioether (sulfide) groups is 1. The number of thiophene rings is 1. The number of anilines is 2. The molecule has 0 bridgehead atoms. The topological polar surface area (TPSA) is 67.2 Å². The molecule has 4 nitrogen and oxygen atoms in total. The van der Waals surface area contributed by atoms with Gasteiger partial charge in [0, 0.05) is 12.6 Å². The Hall–Kier alpha value is -1.14. The summed E-state index contributed by atoms with van der Waals surface area (Å²) in [5.41, 5.74) is 6.66. The zero-order valence-corrected chi connectivity index (χ0v) is 14.1. The lowest BCUT2D eigenvalue weighted by Gasteiger charge is -2.18. The van der Waals surface area contributed by atoms with Crippen molar-refractivity contribution in [2.75, 3.05) is 23.9 Å². The van der Waals surface area contributed by atoms with Crippen LogP contribution in [0.5, 0.6) is 0 Å². The first-order valence-corrected chi connectivity index (χ1v) is 8.58. The van der Waals surface area contributed by atoms with E-state index in [9.17, 15) is 4.79 Å². The molecule has 0 saturated heterocycles. The van der Waals surface area contributed by atoms with Gasteiger partial charge in [-0.1, -0.05) is 19.9 Å². The van der Waals surface area contributed by atoms with Crippen LogP contribution in [0.25, 0.3) is 0 Å². The highest BCUT2D eigenvalue weighted by molar-refractivity contribution is 7.99. The Morgan fingerprint density at radius 3 is 2.65 bits per heavy atom. The van der Waals surface area contributed by atoms with Crippen molar-refractivity contribution < 1.29 is 4.79 Å². The van der Waals surface area contributed by atoms with Gasteiger partial charge in [-0.3, -0.25) is 4.79 Å². The van der Waals surface area contributed by atoms with Crippen LogP contribution in [0.1, 0.15) is 30.4 Å². The highest BCUT2D eigenvalue weighted by atomic mass is 32.2. The predicted molar refractivity (Wildman–Crippen MR) is 91.0 cm³/mol. The molecule has 0 aromatic carbocycles.